The molecule has 0 aliphatic carbocycles. The number of benzene rings is 1. The molecule has 6 heteroatoms. The summed E-state index contributed by atoms with van der Waals surface area (Å²) in [7, 11) is 0. The molecule has 0 bridgehead atoms. The molecule has 25 heavy (non-hydrogen) atoms. The van der Waals surface area contributed by atoms with Gasteiger partial charge in [-0.1, -0.05) is 6.07 Å². The summed E-state index contributed by atoms with van der Waals surface area (Å²) >= 11 is 0. The van der Waals surface area contributed by atoms with Crippen molar-refractivity contribution in [3.05, 3.63) is 59.2 Å². The average molecular weight is 343 g/mol. The van der Waals surface area contributed by atoms with Gasteiger partial charge < -0.3 is 15.3 Å². The van der Waals surface area contributed by atoms with Crippen LogP contribution in [0.1, 0.15) is 34.3 Å². The molecule has 0 radical (unpaired) electrons. The molecule has 2 N–H and O–H groups in total. The minimum Gasteiger partial charge on any atom is -0.393 e. The fourth-order valence-electron chi connectivity index (χ4n) is 2.99. The summed E-state index contributed by atoms with van der Waals surface area (Å²) in [6, 6.07) is 6.77. The minimum absolute atomic E-state index is 0.231. The molecule has 2 heterocycles. The first kappa shape index (κ1) is 17.4. The number of pyridine rings is 1. The highest BCUT2D eigenvalue weighted by atomic mass is 19.1. The Bertz CT molecular complexity index is 758. The van der Waals surface area contributed by atoms with Crippen LogP contribution >= 0.6 is 0 Å². The highest BCUT2D eigenvalue weighted by Gasteiger charge is 2.19. The Morgan fingerprint density at radius 1 is 1.32 bits per heavy atom. The number of aliphatic hydroxyl groups excluding tert-OH is 1. The van der Waals surface area contributed by atoms with E-state index in [1.165, 1.54) is 12.3 Å². The molecule has 0 atom stereocenters. The van der Waals surface area contributed by atoms with Gasteiger partial charge in [0.15, 0.2) is 0 Å². The Labute approximate surface area is 146 Å². The fraction of sp³-hybridized carbons (Fsp3) is 0.368. The van der Waals surface area contributed by atoms with Crippen LogP contribution in [0.3, 0.4) is 0 Å². The van der Waals surface area contributed by atoms with Gasteiger partial charge in [0.1, 0.15) is 5.82 Å². The third-order valence-electron chi connectivity index (χ3n) is 4.41. The molecule has 0 unspecified atom stereocenters. The van der Waals surface area contributed by atoms with Gasteiger partial charge in [0.05, 0.1) is 17.4 Å². The number of carbonyl (C=O) groups excluding carboxylic acids is 1. The van der Waals surface area contributed by atoms with Crippen molar-refractivity contribution in [2.75, 3.05) is 18.0 Å². The number of hydrogen-bond acceptors (Lipinski definition) is 4. The summed E-state index contributed by atoms with van der Waals surface area (Å²) in [5.74, 6) is -0.536. The summed E-state index contributed by atoms with van der Waals surface area (Å²) in [4.78, 5) is 18.1. The molecule has 0 saturated carbocycles. The standard InChI is InChI=1S/C19H22FN3O2/c1-13-8-15(12-21-10-13)19(25)22-11-14-2-3-18(17(20)9-14)23-6-4-16(24)5-7-23/h2-3,8-10,12,16,24H,4-7,11H2,1H3,(H,22,25). The number of rotatable bonds is 4. The minimum atomic E-state index is -0.305. The second kappa shape index (κ2) is 7.61. The highest BCUT2D eigenvalue weighted by molar-refractivity contribution is 5.93. The van der Waals surface area contributed by atoms with Crippen LogP contribution < -0.4 is 10.2 Å². The maximum absolute atomic E-state index is 14.4. The van der Waals surface area contributed by atoms with Crippen molar-refractivity contribution in [2.24, 2.45) is 0 Å². The van der Waals surface area contributed by atoms with Gasteiger partial charge in [-0.05, 0) is 49.1 Å². The zero-order chi connectivity index (χ0) is 17.8. The number of aromatic nitrogens is 1. The largest absolute Gasteiger partial charge is 0.393 e. The van der Waals surface area contributed by atoms with Crippen LogP contribution in [0, 0.1) is 12.7 Å². The third-order valence-corrected chi connectivity index (χ3v) is 4.41. The maximum Gasteiger partial charge on any atom is 0.253 e. The quantitative estimate of drug-likeness (QED) is 0.895. The van der Waals surface area contributed by atoms with Gasteiger partial charge in [0.2, 0.25) is 0 Å². The zero-order valence-corrected chi connectivity index (χ0v) is 14.2. The Hall–Kier alpha value is -2.47. The van der Waals surface area contributed by atoms with E-state index < -0.39 is 0 Å². The molecular weight excluding hydrogens is 321 g/mol. The van der Waals surface area contributed by atoms with Gasteiger partial charge in [-0.15, -0.1) is 0 Å². The smallest absolute Gasteiger partial charge is 0.253 e. The number of halogens is 1. The third kappa shape index (κ3) is 4.33. The Morgan fingerprint density at radius 3 is 2.76 bits per heavy atom. The van der Waals surface area contributed by atoms with Gasteiger partial charge in [-0.3, -0.25) is 9.78 Å². The zero-order valence-electron chi connectivity index (χ0n) is 14.2. The lowest BCUT2D eigenvalue weighted by atomic mass is 10.1. The van der Waals surface area contributed by atoms with Gasteiger partial charge in [0, 0.05) is 32.0 Å². The van der Waals surface area contributed by atoms with Crippen molar-refractivity contribution in [2.45, 2.75) is 32.4 Å². The molecular formula is C19H22FN3O2. The summed E-state index contributed by atoms with van der Waals surface area (Å²) < 4.78 is 14.4. The summed E-state index contributed by atoms with van der Waals surface area (Å²) in [5.41, 5.74) is 2.65. The summed E-state index contributed by atoms with van der Waals surface area (Å²) in [6.45, 7) is 3.42. The van der Waals surface area contributed by atoms with Crippen molar-refractivity contribution in [3.8, 4) is 0 Å². The lowest BCUT2D eigenvalue weighted by molar-refractivity contribution is 0.0950. The predicted molar refractivity (Wildman–Crippen MR) is 94.0 cm³/mol. The van der Waals surface area contributed by atoms with Crippen molar-refractivity contribution < 1.29 is 14.3 Å². The maximum atomic E-state index is 14.4. The van der Waals surface area contributed by atoms with E-state index in [9.17, 15) is 14.3 Å². The van der Waals surface area contributed by atoms with Crippen LogP contribution in [-0.4, -0.2) is 35.2 Å². The number of nitrogens with zero attached hydrogens (tertiary/aromatic N) is 2. The van der Waals surface area contributed by atoms with Gasteiger partial charge in [-0.25, -0.2) is 4.39 Å². The van der Waals surface area contributed by atoms with E-state index in [2.05, 4.69) is 10.3 Å². The monoisotopic (exact) mass is 343 g/mol. The Morgan fingerprint density at radius 2 is 2.08 bits per heavy atom. The van der Waals surface area contributed by atoms with Crippen LogP contribution in [0.4, 0.5) is 10.1 Å². The van der Waals surface area contributed by atoms with Gasteiger partial charge >= 0.3 is 0 Å². The number of aryl methyl sites for hydroxylation is 1. The van der Waals surface area contributed by atoms with E-state index in [4.69, 9.17) is 0 Å². The van der Waals surface area contributed by atoms with E-state index in [0.717, 1.165) is 5.56 Å². The molecule has 0 spiro atoms. The molecule has 1 aliphatic heterocycles. The molecule has 132 valence electrons. The van der Waals surface area contributed by atoms with Crippen molar-refractivity contribution >= 4 is 11.6 Å². The fourth-order valence-corrected chi connectivity index (χ4v) is 2.99. The van der Waals surface area contributed by atoms with E-state index in [0.29, 0.717) is 42.7 Å². The van der Waals surface area contributed by atoms with Gasteiger partial charge in [-0.2, -0.15) is 0 Å². The second-order valence-electron chi connectivity index (χ2n) is 6.44. The molecule has 3 rings (SSSR count). The summed E-state index contributed by atoms with van der Waals surface area (Å²) in [6.07, 6.45) is 4.22. The van der Waals surface area contributed by atoms with Crippen LogP contribution in [0.5, 0.6) is 0 Å². The number of hydrogen-bond donors (Lipinski definition) is 2. The van der Waals surface area contributed by atoms with E-state index in [-0.39, 0.29) is 24.4 Å². The van der Waals surface area contributed by atoms with Crippen molar-refractivity contribution in [1.29, 1.82) is 0 Å². The van der Waals surface area contributed by atoms with Crippen LogP contribution in [0.15, 0.2) is 36.7 Å². The molecule has 5 nitrogen and oxygen atoms in total. The SMILES string of the molecule is Cc1cncc(C(=O)NCc2ccc(N3CCC(O)CC3)c(F)c2)c1. The van der Waals surface area contributed by atoms with Gasteiger partial charge in [0.25, 0.3) is 5.91 Å². The number of amides is 1. The molecule has 1 aliphatic rings. The first-order valence-corrected chi connectivity index (χ1v) is 8.44. The van der Waals surface area contributed by atoms with Crippen LogP contribution in [0.2, 0.25) is 0 Å². The molecule has 1 aromatic carbocycles. The van der Waals surface area contributed by atoms with E-state index in [1.807, 2.05) is 17.9 Å². The molecule has 1 saturated heterocycles. The van der Waals surface area contributed by atoms with E-state index in [1.54, 1.807) is 18.3 Å². The predicted octanol–water partition coefficient (Wildman–Crippen LogP) is 2.42. The first-order valence-electron chi connectivity index (χ1n) is 8.44. The topological polar surface area (TPSA) is 65.5 Å². The highest BCUT2D eigenvalue weighted by Crippen LogP contribution is 2.24. The Balaban J connectivity index is 1.62. The lowest BCUT2D eigenvalue weighted by Crippen LogP contribution is -2.36. The lowest BCUT2D eigenvalue weighted by Gasteiger charge is -2.31. The molecule has 1 amide bonds. The van der Waals surface area contributed by atoms with Crippen LogP contribution in [0.25, 0.3) is 0 Å². The van der Waals surface area contributed by atoms with E-state index >= 15 is 0 Å². The Kier molecular flexibility index (Phi) is 5.28. The summed E-state index contributed by atoms with van der Waals surface area (Å²) in [5, 5.41) is 12.3. The number of piperidine rings is 1. The number of carbonyl (C=O) groups is 1. The number of nitrogens with one attached hydrogen (secondary N) is 1. The number of aliphatic hydroxyl groups is 1. The van der Waals surface area contributed by atoms with Crippen molar-refractivity contribution in [1.82, 2.24) is 10.3 Å². The van der Waals surface area contributed by atoms with Crippen LogP contribution in [-0.2, 0) is 6.54 Å². The number of anilines is 1. The average Bonchev–Trinajstić information content (AvgIpc) is 2.61. The molecule has 2 aromatic rings. The normalized spacial score (nSPS) is 15.2. The molecule has 1 fully saturated rings. The second-order valence-corrected chi connectivity index (χ2v) is 6.44. The molecule has 1 aromatic heterocycles. The first-order chi connectivity index (χ1) is 12.0. The van der Waals surface area contributed by atoms with Crippen molar-refractivity contribution in [3.63, 3.8) is 0 Å².